The lowest BCUT2D eigenvalue weighted by molar-refractivity contribution is -0.00353. The van der Waals surface area contributed by atoms with Gasteiger partial charge in [0.1, 0.15) is 0 Å². The summed E-state index contributed by atoms with van der Waals surface area (Å²) in [5, 5.41) is 0. The normalized spacial score (nSPS) is 12.3. The highest BCUT2D eigenvalue weighted by Crippen LogP contribution is 2.48. The third-order valence-electron chi connectivity index (χ3n) is 9.07. The smallest absolute Gasteiger partial charge is 0.0205 e. The van der Waals surface area contributed by atoms with Crippen LogP contribution in [0.2, 0.25) is 0 Å². The van der Waals surface area contributed by atoms with Gasteiger partial charge >= 0.3 is 0 Å². The van der Waals surface area contributed by atoms with E-state index in [2.05, 4.69) is 166 Å². The highest BCUT2D eigenvalue weighted by atomic mass is 14.5. The van der Waals surface area contributed by atoms with Gasteiger partial charge in [0, 0.05) is 0 Å². The van der Waals surface area contributed by atoms with Crippen LogP contribution in [0.25, 0.3) is 0 Å². The Morgan fingerprint density at radius 1 is 0.400 bits per heavy atom. The molecule has 0 aliphatic rings. The molecule has 0 spiro atoms. The molecule has 0 aromatic heterocycles. The van der Waals surface area contributed by atoms with E-state index in [-0.39, 0.29) is 0 Å². The van der Waals surface area contributed by atoms with Crippen LogP contribution in [0.15, 0.2) is 11.1 Å². The van der Waals surface area contributed by atoms with E-state index in [1.165, 1.54) is 12.0 Å². The summed E-state index contributed by atoms with van der Waals surface area (Å²) in [5.41, 5.74) is 3.60. The first-order valence-corrected chi connectivity index (χ1v) is 17.5. The van der Waals surface area contributed by atoms with E-state index in [9.17, 15) is 0 Å². The fraction of sp³-hybridized carbons (Fsp3) is 0.950. The largest absolute Gasteiger partial charge is 0.0767 e. The van der Waals surface area contributed by atoms with Crippen LogP contribution in [0.1, 0.15) is 173 Å². The average molecular weight is 567 g/mol. The van der Waals surface area contributed by atoms with Gasteiger partial charge in [0.2, 0.25) is 0 Å². The standard InChI is InChI=1S/C13H28.C10H22.C10H20.C7H16/c1-9(2)13(10(3)4,11(5)6)12(7)8;2*1-7(2)10(8(3)4)9(5)6;1-6(2)5-7(3)4/h9-12H,1-8H3;7-10H,1-6H3;7-8H,1-6H3;6-7H,5H2,1-4H3. The van der Waals surface area contributed by atoms with Crippen molar-refractivity contribution in [2.75, 3.05) is 0 Å². The van der Waals surface area contributed by atoms with Crippen molar-refractivity contribution in [1.82, 2.24) is 0 Å². The Kier molecular flexibility index (Phi) is 27.1. The summed E-state index contributed by atoms with van der Waals surface area (Å²) in [7, 11) is 0. The average Bonchev–Trinajstić information content (AvgIpc) is 2.65. The molecule has 0 bridgehead atoms. The van der Waals surface area contributed by atoms with Crippen molar-refractivity contribution in [2.24, 2.45) is 76.4 Å². The molecule has 0 radical (unpaired) electrons. The van der Waals surface area contributed by atoms with Crippen molar-refractivity contribution in [2.45, 2.75) is 173 Å². The first-order chi connectivity index (χ1) is 17.8. The van der Waals surface area contributed by atoms with Crippen LogP contribution < -0.4 is 0 Å². The Labute approximate surface area is 259 Å². The second-order valence-corrected chi connectivity index (χ2v) is 16.7. The Morgan fingerprint density at radius 2 is 0.625 bits per heavy atom. The monoisotopic (exact) mass is 567 g/mol. The number of hydrogen-bond donors (Lipinski definition) is 0. The van der Waals surface area contributed by atoms with Crippen LogP contribution in [-0.4, -0.2) is 0 Å². The van der Waals surface area contributed by atoms with Crippen LogP contribution in [0.4, 0.5) is 0 Å². The molecule has 0 saturated heterocycles. The van der Waals surface area contributed by atoms with Gasteiger partial charge in [-0.25, -0.2) is 0 Å². The molecule has 0 heteroatoms. The minimum Gasteiger partial charge on any atom is -0.0767 e. The summed E-state index contributed by atoms with van der Waals surface area (Å²) in [6.07, 6.45) is 1.36. The van der Waals surface area contributed by atoms with Gasteiger partial charge in [-0.05, 0) is 96.7 Å². The molecule has 0 amide bonds. The van der Waals surface area contributed by atoms with E-state index in [1.807, 2.05) is 0 Å². The van der Waals surface area contributed by atoms with Crippen LogP contribution >= 0.6 is 0 Å². The summed E-state index contributed by atoms with van der Waals surface area (Å²) in [6.45, 7) is 55.5. The van der Waals surface area contributed by atoms with Crippen molar-refractivity contribution in [3.63, 3.8) is 0 Å². The number of allylic oxidation sites excluding steroid dienone is 2. The highest BCUT2D eigenvalue weighted by molar-refractivity contribution is 5.13. The Balaban J connectivity index is -0.000000221. The first kappa shape index (κ1) is 46.7. The van der Waals surface area contributed by atoms with Gasteiger partial charge in [0.15, 0.2) is 0 Å². The van der Waals surface area contributed by atoms with E-state index in [0.29, 0.717) is 17.3 Å². The van der Waals surface area contributed by atoms with E-state index in [0.717, 1.165) is 59.2 Å². The Morgan fingerprint density at radius 3 is 0.625 bits per heavy atom. The lowest BCUT2D eigenvalue weighted by atomic mass is 9.56. The third-order valence-corrected chi connectivity index (χ3v) is 9.07. The molecule has 0 unspecified atom stereocenters. The minimum atomic E-state index is 0.500. The van der Waals surface area contributed by atoms with Gasteiger partial charge in [-0.15, -0.1) is 0 Å². The molecule has 0 heterocycles. The van der Waals surface area contributed by atoms with Crippen molar-refractivity contribution < 1.29 is 0 Å². The summed E-state index contributed by atoms with van der Waals surface area (Å²) in [5.74, 6) is 9.65. The quantitative estimate of drug-likeness (QED) is 0.218. The zero-order chi connectivity index (χ0) is 33.3. The van der Waals surface area contributed by atoms with Gasteiger partial charge in [-0.2, -0.15) is 0 Å². The first-order valence-electron chi connectivity index (χ1n) is 17.5. The van der Waals surface area contributed by atoms with Crippen LogP contribution in [0, 0.1) is 76.4 Å². The zero-order valence-electron chi connectivity index (χ0n) is 33.1. The molecule has 0 aliphatic carbocycles. The molecule has 0 rings (SSSR count). The minimum absolute atomic E-state index is 0.500. The molecular weight excluding hydrogens is 480 g/mol. The van der Waals surface area contributed by atoms with Crippen LogP contribution in [0.5, 0.6) is 0 Å². The predicted octanol–water partition coefficient (Wildman–Crippen LogP) is 14.5. The molecule has 0 aliphatic heterocycles. The van der Waals surface area contributed by atoms with E-state index >= 15 is 0 Å². The summed E-state index contributed by atoms with van der Waals surface area (Å²) >= 11 is 0. The van der Waals surface area contributed by atoms with Crippen LogP contribution in [0.3, 0.4) is 0 Å². The maximum absolute atomic E-state index is 2.38. The van der Waals surface area contributed by atoms with E-state index in [4.69, 9.17) is 0 Å². The van der Waals surface area contributed by atoms with Gasteiger partial charge < -0.3 is 0 Å². The second-order valence-electron chi connectivity index (χ2n) is 16.7. The summed E-state index contributed by atoms with van der Waals surface area (Å²) < 4.78 is 0. The van der Waals surface area contributed by atoms with Gasteiger partial charge in [-0.3, -0.25) is 0 Å². The van der Waals surface area contributed by atoms with E-state index < -0.39 is 0 Å². The topological polar surface area (TPSA) is 0 Å². The predicted molar refractivity (Wildman–Crippen MR) is 192 cm³/mol. The van der Waals surface area contributed by atoms with Crippen molar-refractivity contribution in [1.29, 1.82) is 0 Å². The van der Waals surface area contributed by atoms with E-state index in [1.54, 1.807) is 5.57 Å². The lowest BCUT2D eigenvalue weighted by Crippen LogP contribution is -2.42. The van der Waals surface area contributed by atoms with Gasteiger partial charge in [0.25, 0.3) is 0 Å². The van der Waals surface area contributed by atoms with Crippen LogP contribution in [-0.2, 0) is 0 Å². The molecule has 246 valence electrons. The lowest BCUT2D eigenvalue weighted by Gasteiger charge is -2.49. The maximum atomic E-state index is 2.38. The maximum Gasteiger partial charge on any atom is -0.0205 e. The van der Waals surface area contributed by atoms with Crippen molar-refractivity contribution in [3.05, 3.63) is 11.1 Å². The highest BCUT2D eigenvalue weighted by Gasteiger charge is 2.42. The summed E-state index contributed by atoms with van der Waals surface area (Å²) in [4.78, 5) is 0. The molecule has 0 aromatic rings. The second kappa shape index (κ2) is 23.2. The zero-order valence-corrected chi connectivity index (χ0v) is 33.1. The molecule has 0 atom stereocenters. The molecule has 0 saturated carbocycles. The molecule has 0 aromatic carbocycles. The Bertz CT molecular complexity index is 513. The third kappa shape index (κ3) is 19.0. The molecule has 0 nitrogen and oxygen atoms in total. The number of rotatable bonds is 11. The van der Waals surface area contributed by atoms with Crippen molar-refractivity contribution in [3.8, 4) is 0 Å². The number of hydrogen-bond acceptors (Lipinski definition) is 0. The molecule has 0 N–H and O–H groups in total. The summed E-state index contributed by atoms with van der Waals surface area (Å²) in [6, 6.07) is 0. The molecule has 0 fully saturated rings. The van der Waals surface area contributed by atoms with Gasteiger partial charge in [-0.1, -0.05) is 163 Å². The van der Waals surface area contributed by atoms with Gasteiger partial charge in [0.05, 0.1) is 0 Å². The van der Waals surface area contributed by atoms with Crippen molar-refractivity contribution >= 4 is 0 Å². The molecule has 40 heavy (non-hydrogen) atoms. The SMILES string of the molecule is CC(C)=C(C(C)C)C(C)C.CC(C)C(C(C)C)(C(C)C)C(C)C.CC(C)C(C(C)C)C(C)C.CC(C)CC(C)C. The fourth-order valence-electron chi connectivity index (χ4n) is 9.07. The fourth-order valence-corrected chi connectivity index (χ4v) is 9.07. The molecular formula is C40H86. The Hall–Kier alpha value is -0.260.